The Morgan fingerprint density at radius 1 is 0.795 bits per heavy atom. The summed E-state index contributed by atoms with van der Waals surface area (Å²) in [4.78, 5) is 12.5. The summed E-state index contributed by atoms with van der Waals surface area (Å²) in [5.41, 5.74) is -0.0423. The maximum Gasteiger partial charge on any atom is 0.408 e. The first-order valence-corrected chi connectivity index (χ1v) is 13.4. The van der Waals surface area contributed by atoms with Crippen molar-refractivity contribution in [1.82, 2.24) is 5.32 Å². The first-order valence-electron chi connectivity index (χ1n) is 13.4. The number of carbonyl (C=O) groups is 1. The van der Waals surface area contributed by atoms with Crippen molar-refractivity contribution in [3.05, 3.63) is 84.4 Å². The Balaban J connectivity index is 1.29. The van der Waals surface area contributed by atoms with Gasteiger partial charge < -0.3 is 29.0 Å². The van der Waals surface area contributed by atoms with Crippen LogP contribution >= 0.6 is 0 Å². The van der Waals surface area contributed by atoms with E-state index in [1.807, 2.05) is 101 Å². The fourth-order valence-corrected chi connectivity index (χ4v) is 4.20. The van der Waals surface area contributed by atoms with E-state index >= 15 is 0 Å². The minimum Gasteiger partial charge on any atom is -0.457 e. The van der Waals surface area contributed by atoms with Gasteiger partial charge in [-0.25, -0.2) is 4.79 Å². The second-order valence-electron chi connectivity index (χ2n) is 11.4. The number of alkyl carbamates (subject to hydrolysis) is 1. The summed E-state index contributed by atoms with van der Waals surface area (Å²) in [5.74, 6) is 2.36. The molecule has 39 heavy (non-hydrogen) atoms. The molecule has 1 aliphatic rings. The zero-order chi connectivity index (χ0) is 27.9. The fraction of sp³-hybridized carbons (Fsp3) is 0.406. The molecule has 7 nitrogen and oxygen atoms in total. The molecule has 0 aliphatic carbocycles. The first kappa shape index (κ1) is 28.5. The number of aryl methyl sites for hydroxylation is 1. The third-order valence-corrected chi connectivity index (χ3v) is 6.24. The van der Waals surface area contributed by atoms with Crippen molar-refractivity contribution in [2.75, 3.05) is 13.2 Å². The zero-order valence-corrected chi connectivity index (χ0v) is 23.5. The Hall–Kier alpha value is -3.55. The van der Waals surface area contributed by atoms with Gasteiger partial charge in [0.1, 0.15) is 28.6 Å². The molecule has 3 aromatic rings. The highest BCUT2D eigenvalue weighted by atomic mass is 16.7. The van der Waals surface area contributed by atoms with Crippen LogP contribution in [-0.4, -0.2) is 36.2 Å². The molecule has 1 saturated heterocycles. The topological polar surface area (TPSA) is 75.3 Å². The van der Waals surface area contributed by atoms with Crippen LogP contribution in [0, 0.1) is 0 Å². The number of nitrogens with one attached hydrogen (secondary N) is 1. The molecule has 1 aliphatic heterocycles. The van der Waals surface area contributed by atoms with Crippen LogP contribution in [-0.2, 0) is 20.6 Å². The van der Waals surface area contributed by atoms with Gasteiger partial charge in [0, 0.05) is 0 Å². The number of rotatable bonds is 9. The van der Waals surface area contributed by atoms with Gasteiger partial charge in [-0.3, -0.25) is 0 Å². The Kier molecular flexibility index (Phi) is 8.83. The van der Waals surface area contributed by atoms with Crippen LogP contribution in [0.3, 0.4) is 0 Å². The highest BCUT2D eigenvalue weighted by Crippen LogP contribution is 2.29. The molecule has 0 radical (unpaired) electrons. The van der Waals surface area contributed by atoms with Crippen LogP contribution in [0.1, 0.15) is 53.0 Å². The van der Waals surface area contributed by atoms with Crippen LogP contribution in [0.25, 0.3) is 0 Å². The number of carbonyl (C=O) groups excluding carboxylic acids is 1. The average Bonchev–Trinajstić information content (AvgIpc) is 2.88. The summed E-state index contributed by atoms with van der Waals surface area (Å²) in [6.45, 7) is 10.0. The standard InChI is InChI=1S/C32H39NO6/c1-30(2,3)39-29(34)33-32(22-35-31(4,5)36-23-32)21-9-10-24-13-15-26(16-14-24)38-28-19-17-27(18-20-28)37-25-11-7-6-8-12-25/h6-8,11-20H,9-10,21-23H2,1-5H3,(H,33,34). The van der Waals surface area contributed by atoms with Crippen molar-refractivity contribution >= 4 is 6.09 Å². The van der Waals surface area contributed by atoms with Gasteiger partial charge in [-0.15, -0.1) is 0 Å². The van der Waals surface area contributed by atoms with E-state index in [1.165, 1.54) is 5.56 Å². The molecule has 4 rings (SSSR count). The Bertz CT molecular complexity index is 1190. The number of benzene rings is 3. The number of ether oxygens (including phenoxy) is 5. The molecule has 0 spiro atoms. The number of amides is 1. The SMILES string of the molecule is CC(C)(C)OC(=O)NC1(CCCc2ccc(Oc3ccc(Oc4ccccc4)cc3)cc2)COC(C)(C)OC1. The summed E-state index contributed by atoms with van der Waals surface area (Å²) >= 11 is 0. The third kappa shape index (κ3) is 9.01. The van der Waals surface area contributed by atoms with Gasteiger partial charge in [0.25, 0.3) is 0 Å². The minimum absolute atomic E-state index is 0.362. The quantitative estimate of drug-likeness (QED) is 0.305. The van der Waals surface area contributed by atoms with E-state index in [0.29, 0.717) is 19.6 Å². The Morgan fingerprint density at radius 2 is 1.28 bits per heavy atom. The number of hydrogen-bond acceptors (Lipinski definition) is 6. The summed E-state index contributed by atoms with van der Waals surface area (Å²) in [7, 11) is 0. The van der Waals surface area contributed by atoms with Crippen LogP contribution < -0.4 is 14.8 Å². The second kappa shape index (κ2) is 12.1. The highest BCUT2D eigenvalue weighted by molar-refractivity contribution is 5.69. The number of para-hydroxylation sites is 1. The van der Waals surface area contributed by atoms with E-state index in [4.69, 9.17) is 23.7 Å². The lowest BCUT2D eigenvalue weighted by Gasteiger charge is -2.44. The molecule has 7 heteroatoms. The van der Waals surface area contributed by atoms with Gasteiger partial charge in [-0.05, 0) is 108 Å². The molecule has 1 heterocycles. The summed E-state index contributed by atoms with van der Waals surface area (Å²) in [6.07, 6.45) is 1.91. The second-order valence-corrected chi connectivity index (χ2v) is 11.4. The van der Waals surface area contributed by atoms with Crippen molar-refractivity contribution in [3.63, 3.8) is 0 Å². The third-order valence-electron chi connectivity index (χ3n) is 6.24. The molecular weight excluding hydrogens is 494 g/mol. The van der Waals surface area contributed by atoms with Gasteiger partial charge in [-0.2, -0.15) is 0 Å². The zero-order valence-electron chi connectivity index (χ0n) is 23.5. The Labute approximate surface area is 231 Å². The monoisotopic (exact) mass is 533 g/mol. The van der Waals surface area contributed by atoms with Crippen molar-refractivity contribution in [3.8, 4) is 23.0 Å². The van der Waals surface area contributed by atoms with Crippen LogP contribution in [0.2, 0.25) is 0 Å². The Morgan fingerprint density at radius 3 is 1.79 bits per heavy atom. The van der Waals surface area contributed by atoms with Gasteiger partial charge in [-0.1, -0.05) is 30.3 Å². The maximum atomic E-state index is 12.5. The molecule has 1 amide bonds. The van der Waals surface area contributed by atoms with Gasteiger partial charge in [0.2, 0.25) is 0 Å². The predicted octanol–water partition coefficient (Wildman–Crippen LogP) is 7.64. The van der Waals surface area contributed by atoms with Crippen molar-refractivity contribution in [2.24, 2.45) is 0 Å². The molecule has 0 saturated carbocycles. The average molecular weight is 534 g/mol. The highest BCUT2D eigenvalue weighted by Gasteiger charge is 2.41. The molecule has 0 bridgehead atoms. The van der Waals surface area contributed by atoms with Crippen molar-refractivity contribution in [1.29, 1.82) is 0 Å². The van der Waals surface area contributed by atoms with Crippen LogP contribution in [0.4, 0.5) is 4.79 Å². The van der Waals surface area contributed by atoms with Crippen LogP contribution in [0.5, 0.6) is 23.0 Å². The molecule has 208 valence electrons. The molecule has 0 atom stereocenters. The van der Waals surface area contributed by atoms with E-state index in [2.05, 4.69) is 17.4 Å². The molecule has 0 unspecified atom stereocenters. The molecule has 0 aromatic heterocycles. The summed E-state index contributed by atoms with van der Waals surface area (Å²) in [5, 5.41) is 3.03. The van der Waals surface area contributed by atoms with E-state index < -0.39 is 23.0 Å². The van der Waals surface area contributed by atoms with Crippen molar-refractivity contribution < 1.29 is 28.5 Å². The van der Waals surface area contributed by atoms with E-state index in [-0.39, 0.29) is 0 Å². The molecular formula is C32H39NO6. The van der Waals surface area contributed by atoms with Crippen molar-refractivity contribution in [2.45, 2.75) is 70.8 Å². The predicted molar refractivity (Wildman–Crippen MR) is 150 cm³/mol. The van der Waals surface area contributed by atoms with E-state index in [0.717, 1.165) is 35.8 Å². The lowest BCUT2D eigenvalue weighted by atomic mass is 9.92. The van der Waals surface area contributed by atoms with Gasteiger partial charge in [0.05, 0.1) is 18.8 Å². The van der Waals surface area contributed by atoms with Gasteiger partial charge >= 0.3 is 6.09 Å². The summed E-state index contributed by atoms with van der Waals surface area (Å²) in [6, 6.07) is 25.3. The van der Waals surface area contributed by atoms with Crippen LogP contribution in [0.15, 0.2) is 78.9 Å². The fourth-order valence-electron chi connectivity index (χ4n) is 4.20. The van der Waals surface area contributed by atoms with E-state index in [9.17, 15) is 4.79 Å². The lowest BCUT2D eigenvalue weighted by Crippen LogP contribution is -2.61. The largest absolute Gasteiger partial charge is 0.457 e. The summed E-state index contributed by atoms with van der Waals surface area (Å²) < 4.78 is 29.2. The maximum absolute atomic E-state index is 12.5. The van der Waals surface area contributed by atoms with E-state index in [1.54, 1.807) is 0 Å². The smallest absolute Gasteiger partial charge is 0.408 e. The minimum atomic E-state index is -0.676. The molecule has 1 fully saturated rings. The lowest BCUT2D eigenvalue weighted by molar-refractivity contribution is -0.271. The molecule has 3 aromatic carbocycles. The van der Waals surface area contributed by atoms with Gasteiger partial charge in [0.15, 0.2) is 5.79 Å². The normalized spacial score (nSPS) is 16.2. The first-order chi connectivity index (χ1) is 18.5. The number of hydrogen-bond donors (Lipinski definition) is 1. The molecule has 1 N–H and O–H groups in total.